The molecule has 1 aliphatic rings. The summed E-state index contributed by atoms with van der Waals surface area (Å²) in [6.07, 6.45) is 1.68. The van der Waals surface area contributed by atoms with Crippen LogP contribution < -0.4 is 14.8 Å². The lowest BCUT2D eigenvalue weighted by atomic mass is 10.1. The van der Waals surface area contributed by atoms with E-state index in [1.165, 1.54) is 18.2 Å². The second-order valence-corrected chi connectivity index (χ2v) is 9.80. The van der Waals surface area contributed by atoms with Gasteiger partial charge in [0.05, 0.1) is 23.1 Å². The highest BCUT2D eigenvalue weighted by atomic mass is 32.2. The molecule has 0 radical (unpaired) electrons. The van der Waals surface area contributed by atoms with Gasteiger partial charge in [-0.15, -0.1) is 0 Å². The fourth-order valence-corrected chi connectivity index (χ4v) is 4.07. The van der Waals surface area contributed by atoms with E-state index >= 15 is 0 Å². The molecule has 0 saturated heterocycles. The molecule has 9 heteroatoms. The van der Waals surface area contributed by atoms with Gasteiger partial charge in [-0.1, -0.05) is 12.1 Å². The summed E-state index contributed by atoms with van der Waals surface area (Å²) in [6.45, 7) is 2.93. The van der Waals surface area contributed by atoms with E-state index in [2.05, 4.69) is 26.3 Å². The van der Waals surface area contributed by atoms with Crippen molar-refractivity contribution in [3.8, 4) is 5.75 Å². The zero-order valence-electron chi connectivity index (χ0n) is 17.5. The molecule has 0 unspecified atom stereocenters. The Balaban J connectivity index is 1.23. The monoisotopic (exact) mass is 444 g/mol. The number of anilines is 1. The third kappa shape index (κ3) is 5.55. The molecule has 1 atom stereocenters. The fourth-order valence-electron chi connectivity index (χ4n) is 3.44. The van der Waals surface area contributed by atoms with Crippen molar-refractivity contribution in [2.75, 3.05) is 30.2 Å². The van der Waals surface area contributed by atoms with E-state index in [1.54, 1.807) is 31.2 Å². The van der Waals surface area contributed by atoms with E-state index in [-0.39, 0.29) is 5.75 Å². The number of H-pyrrole nitrogens is 1. The number of hydrogen-bond donors (Lipinski definition) is 4. The van der Waals surface area contributed by atoms with Crippen LogP contribution in [0.15, 0.2) is 42.5 Å². The molecule has 8 nitrogen and oxygen atoms in total. The first kappa shape index (κ1) is 21.6. The molecule has 166 valence electrons. The van der Waals surface area contributed by atoms with Gasteiger partial charge in [0, 0.05) is 36.1 Å². The van der Waals surface area contributed by atoms with Crippen LogP contribution in [0.3, 0.4) is 0 Å². The number of fused-ring (bicyclic) bond motifs is 1. The molecule has 4 N–H and O–H groups in total. The summed E-state index contributed by atoms with van der Waals surface area (Å²) in [5, 5.41) is 22.2. The SMILES string of the molecule is CCS(=O)(=O)Nc1cccc([C@@H](O)CNCCOc2ccc3c(C4CC4)n[nH]c3c2)c1. The molecule has 1 saturated carbocycles. The first-order valence-electron chi connectivity index (χ1n) is 10.6. The maximum Gasteiger partial charge on any atom is 0.232 e. The number of aliphatic hydroxyl groups excluding tert-OH is 1. The van der Waals surface area contributed by atoms with Crippen LogP contribution in [0.25, 0.3) is 10.9 Å². The highest BCUT2D eigenvalue weighted by molar-refractivity contribution is 7.92. The Morgan fingerprint density at radius 1 is 1.26 bits per heavy atom. The third-order valence-corrected chi connectivity index (χ3v) is 6.64. The van der Waals surface area contributed by atoms with Crippen LogP contribution in [0, 0.1) is 0 Å². The van der Waals surface area contributed by atoms with Gasteiger partial charge >= 0.3 is 0 Å². The topological polar surface area (TPSA) is 116 Å². The van der Waals surface area contributed by atoms with Gasteiger partial charge in [0.2, 0.25) is 10.0 Å². The molecule has 0 aliphatic heterocycles. The van der Waals surface area contributed by atoms with Crippen molar-refractivity contribution in [2.24, 2.45) is 0 Å². The summed E-state index contributed by atoms with van der Waals surface area (Å²) in [6, 6.07) is 12.8. The summed E-state index contributed by atoms with van der Waals surface area (Å²) in [5.41, 5.74) is 3.23. The summed E-state index contributed by atoms with van der Waals surface area (Å²) in [5.74, 6) is 1.37. The lowest BCUT2D eigenvalue weighted by Crippen LogP contribution is -2.26. The fraction of sp³-hybridized carbons (Fsp3) is 0.409. The van der Waals surface area contributed by atoms with E-state index < -0.39 is 16.1 Å². The molecule has 0 amide bonds. The van der Waals surface area contributed by atoms with Crippen molar-refractivity contribution < 1.29 is 18.3 Å². The van der Waals surface area contributed by atoms with Gasteiger partial charge in [0.1, 0.15) is 12.4 Å². The Labute approximate surface area is 182 Å². The Bertz CT molecular complexity index is 1140. The second-order valence-electron chi connectivity index (χ2n) is 7.79. The Kier molecular flexibility index (Phi) is 6.45. The normalized spacial score (nSPS) is 15.2. The largest absolute Gasteiger partial charge is 0.492 e. The predicted octanol–water partition coefficient (Wildman–Crippen LogP) is 2.90. The smallest absolute Gasteiger partial charge is 0.232 e. The third-order valence-electron chi connectivity index (χ3n) is 5.34. The van der Waals surface area contributed by atoms with Crippen molar-refractivity contribution >= 4 is 26.6 Å². The Morgan fingerprint density at radius 2 is 2.10 bits per heavy atom. The molecule has 4 rings (SSSR count). The summed E-state index contributed by atoms with van der Waals surface area (Å²) >= 11 is 0. The van der Waals surface area contributed by atoms with Crippen molar-refractivity contribution in [2.45, 2.75) is 31.8 Å². The van der Waals surface area contributed by atoms with Crippen LogP contribution >= 0.6 is 0 Å². The number of nitrogens with zero attached hydrogens (tertiary/aromatic N) is 1. The standard InChI is InChI=1S/C22H28N4O4S/c1-2-31(28,29)26-17-5-3-4-16(12-17)21(27)14-23-10-11-30-18-8-9-19-20(13-18)24-25-22(19)15-6-7-15/h3-5,8-9,12-13,15,21,23,26-27H,2,6-7,10-11,14H2,1H3,(H,24,25)/t21-/m0/s1. The van der Waals surface area contributed by atoms with Gasteiger partial charge in [-0.25, -0.2) is 8.42 Å². The van der Waals surface area contributed by atoms with E-state index in [9.17, 15) is 13.5 Å². The van der Waals surface area contributed by atoms with Crippen LogP contribution in [0.4, 0.5) is 5.69 Å². The number of ether oxygens (including phenoxy) is 1. The summed E-state index contributed by atoms with van der Waals surface area (Å²) in [4.78, 5) is 0. The highest BCUT2D eigenvalue weighted by Crippen LogP contribution is 2.42. The Morgan fingerprint density at radius 3 is 2.87 bits per heavy atom. The van der Waals surface area contributed by atoms with Crippen LogP contribution in [0.5, 0.6) is 5.75 Å². The Hall–Kier alpha value is -2.62. The maximum absolute atomic E-state index is 11.7. The van der Waals surface area contributed by atoms with Gasteiger partial charge < -0.3 is 15.2 Å². The average Bonchev–Trinajstić information content (AvgIpc) is 3.52. The number of nitrogens with one attached hydrogen (secondary N) is 3. The second kappa shape index (κ2) is 9.25. The summed E-state index contributed by atoms with van der Waals surface area (Å²) in [7, 11) is -3.35. The first-order chi connectivity index (χ1) is 14.9. The van der Waals surface area contributed by atoms with Crippen LogP contribution in [0.2, 0.25) is 0 Å². The molecular formula is C22H28N4O4S. The van der Waals surface area contributed by atoms with Gasteiger partial charge in [0.25, 0.3) is 0 Å². The lowest BCUT2D eigenvalue weighted by Gasteiger charge is -2.14. The highest BCUT2D eigenvalue weighted by Gasteiger charge is 2.27. The zero-order chi connectivity index (χ0) is 21.8. The molecule has 3 aromatic rings. The minimum atomic E-state index is -3.35. The van der Waals surface area contributed by atoms with Crippen molar-refractivity contribution in [1.82, 2.24) is 15.5 Å². The van der Waals surface area contributed by atoms with Crippen LogP contribution in [-0.4, -0.2) is 49.2 Å². The van der Waals surface area contributed by atoms with Crippen molar-refractivity contribution in [3.05, 3.63) is 53.7 Å². The minimum absolute atomic E-state index is 0.00365. The number of hydrogen-bond acceptors (Lipinski definition) is 6. The minimum Gasteiger partial charge on any atom is -0.492 e. The van der Waals surface area contributed by atoms with E-state index in [0.717, 1.165) is 17.0 Å². The molecule has 1 aliphatic carbocycles. The average molecular weight is 445 g/mol. The van der Waals surface area contributed by atoms with Gasteiger partial charge in [-0.2, -0.15) is 5.10 Å². The van der Waals surface area contributed by atoms with Gasteiger partial charge in [-0.3, -0.25) is 9.82 Å². The van der Waals surface area contributed by atoms with E-state index in [0.29, 0.717) is 36.9 Å². The molecule has 1 heterocycles. The molecule has 0 bridgehead atoms. The van der Waals surface area contributed by atoms with E-state index in [1.807, 2.05) is 12.1 Å². The van der Waals surface area contributed by atoms with Crippen LogP contribution in [0.1, 0.15) is 43.0 Å². The maximum atomic E-state index is 11.7. The lowest BCUT2D eigenvalue weighted by molar-refractivity contribution is 0.172. The molecule has 1 fully saturated rings. The molecule has 2 aromatic carbocycles. The molecular weight excluding hydrogens is 416 g/mol. The summed E-state index contributed by atoms with van der Waals surface area (Å²) < 4.78 is 31.7. The number of benzene rings is 2. The van der Waals surface area contributed by atoms with E-state index in [4.69, 9.17) is 4.74 Å². The predicted molar refractivity (Wildman–Crippen MR) is 121 cm³/mol. The van der Waals surface area contributed by atoms with Gasteiger partial charge in [-0.05, 0) is 49.6 Å². The van der Waals surface area contributed by atoms with Crippen molar-refractivity contribution in [1.29, 1.82) is 0 Å². The number of sulfonamides is 1. The molecule has 0 spiro atoms. The molecule has 31 heavy (non-hydrogen) atoms. The quantitative estimate of drug-likeness (QED) is 0.338. The zero-order valence-corrected chi connectivity index (χ0v) is 18.3. The molecule has 1 aromatic heterocycles. The number of aromatic nitrogens is 2. The number of aromatic amines is 1. The van der Waals surface area contributed by atoms with Gasteiger partial charge in [0.15, 0.2) is 0 Å². The van der Waals surface area contributed by atoms with Crippen LogP contribution in [-0.2, 0) is 10.0 Å². The number of aliphatic hydroxyl groups is 1. The van der Waals surface area contributed by atoms with Crippen molar-refractivity contribution in [3.63, 3.8) is 0 Å². The number of rotatable bonds is 11. The first-order valence-corrected chi connectivity index (χ1v) is 12.2.